The minimum atomic E-state index is 0.697. The van der Waals surface area contributed by atoms with Gasteiger partial charge in [-0.25, -0.2) is 4.98 Å². The number of benzene rings is 1. The zero-order valence-corrected chi connectivity index (χ0v) is 14.0. The summed E-state index contributed by atoms with van der Waals surface area (Å²) in [6.45, 7) is 6.09. The van der Waals surface area contributed by atoms with Crippen molar-refractivity contribution in [1.29, 1.82) is 0 Å². The van der Waals surface area contributed by atoms with Crippen LogP contribution in [-0.4, -0.2) is 11.5 Å². The zero-order chi connectivity index (χ0) is 14.5. The van der Waals surface area contributed by atoms with Crippen LogP contribution in [0.15, 0.2) is 18.2 Å². The van der Waals surface area contributed by atoms with E-state index in [1.54, 1.807) is 11.3 Å². The Labute approximate surface area is 134 Å². The average molecular weight is 329 g/mol. The molecule has 1 aromatic heterocycles. The second-order valence-electron chi connectivity index (χ2n) is 4.49. The second-order valence-corrected chi connectivity index (χ2v) is 6.47. The Balaban J connectivity index is 2.23. The maximum atomic E-state index is 6.22. The summed E-state index contributed by atoms with van der Waals surface area (Å²) >= 11 is 14.2. The predicted molar refractivity (Wildman–Crippen MR) is 88.1 cm³/mol. The van der Waals surface area contributed by atoms with E-state index in [0.29, 0.717) is 16.5 Å². The minimum absolute atomic E-state index is 0.697. The molecule has 5 heteroatoms. The molecule has 2 nitrogen and oxygen atoms in total. The number of nitrogens with one attached hydrogen (secondary N) is 1. The van der Waals surface area contributed by atoms with Crippen LogP contribution < -0.4 is 5.32 Å². The van der Waals surface area contributed by atoms with Crippen molar-refractivity contribution >= 4 is 34.5 Å². The van der Waals surface area contributed by atoms with Gasteiger partial charge in [-0.1, -0.05) is 43.1 Å². The molecule has 0 spiro atoms. The molecule has 0 aliphatic heterocycles. The molecule has 2 rings (SSSR count). The number of nitrogens with zero attached hydrogens (tertiary/aromatic N) is 1. The molecule has 1 aromatic carbocycles. The Morgan fingerprint density at radius 1 is 1.20 bits per heavy atom. The van der Waals surface area contributed by atoms with E-state index >= 15 is 0 Å². The Morgan fingerprint density at radius 2 is 1.90 bits per heavy atom. The number of halogens is 2. The van der Waals surface area contributed by atoms with Crippen LogP contribution in [0.2, 0.25) is 10.0 Å². The molecule has 0 aliphatic carbocycles. The fraction of sp³-hybridized carbons (Fsp3) is 0.400. The Bertz CT molecular complexity index is 561. The molecule has 0 saturated carbocycles. The smallest absolute Gasteiger partial charge is 0.0976 e. The first kappa shape index (κ1) is 15.8. The molecular formula is C15H18Cl2N2S. The van der Waals surface area contributed by atoms with Crippen LogP contribution in [0, 0.1) is 0 Å². The third-order valence-corrected chi connectivity index (χ3v) is 4.89. The van der Waals surface area contributed by atoms with Crippen molar-refractivity contribution in [3.63, 3.8) is 0 Å². The number of aromatic nitrogens is 1. The second kappa shape index (κ2) is 7.41. The summed E-state index contributed by atoms with van der Waals surface area (Å²) < 4.78 is 0. The van der Waals surface area contributed by atoms with Gasteiger partial charge in [0.05, 0.1) is 10.7 Å². The van der Waals surface area contributed by atoms with Crippen molar-refractivity contribution in [3.05, 3.63) is 49.4 Å². The van der Waals surface area contributed by atoms with E-state index < -0.39 is 0 Å². The lowest BCUT2D eigenvalue weighted by atomic mass is 10.1. The van der Waals surface area contributed by atoms with Gasteiger partial charge in [-0.3, -0.25) is 0 Å². The van der Waals surface area contributed by atoms with E-state index in [-0.39, 0.29) is 0 Å². The van der Waals surface area contributed by atoms with Gasteiger partial charge in [-0.05, 0) is 30.7 Å². The van der Waals surface area contributed by atoms with Crippen LogP contribution >= 0.6 is 34.5 Å². The van der Waals surface area contributed by atoms with Crippen LogP contribution in [0.3, 0.4) is 0 Å². The quantitative estimate of drug-likeness (QED) is 0.830. The highest BCUT2D eigenvalue weighted by Gasteiger charge is 2.13. The van der Waals surface area contributed by atoms with Crippen molar-refractivity contribution in [2.45, 2.75) is 33.2 Å². The fourth-order valence-corrected chi connectivity index (χ4v) is 3.69. The van der Waals surface area contributed by atoms with Gasteiger partial charge in [0.2, 0.25) is 0 Å². The highest BCUT2D eigenvalue weighted by molar-refractivity contribution is 7.11. The average Bonchev–Trinajstić information content (AvgIpc) is 2.83. The lowest BCUT2D eigenvalue weighted by molar-refractivity contribution is 0.727. The van der Waals surface area contributed by atoms with Crippen molar-refractivity contribution in [2.75, 3.05) is 6.54 Å². The van der Waals surface area contributed by atoms with Gasteiger partial charge in [-0.2, -0.15) is 0 Å². The van der Waals surface area contributed by atoms with Gasteiger partial charge in [0, 0.05) is 27.9 Å². The lowest BCUT2D eigenvalue weighted by Crippen LogP contribution is -2.11. The Kier molecular flexibility index (Phi) is 5.85. The largest absolute Gasteiger partial charge is 0.312 e. The third-order valence-electron chi connectivity index (χ3n) is 3.08. The van der Waals surface area contributed by atoms with Crippen molar-refractivity contribution in [3.8, 4) is 0 Å². The van der Waals surface area contributed by atoms with Crippen LogP contribution in [0.4, 0.5) is 0 Å². The number of rotatable bonds is 6. The molecule has 0 fully saturated rings. The zero-order valence-electron chi connectivity index (χ0n) is 11.7. The first-order valence-electron chi connectivity index (χ1n) is 6.76. The Morgan fingerprint density at radius 3 is 2.50 bits per heavy atom. The van der Waals surface area contributed by atoms with E-state index in [4.69, 9.17) is 28.2 Å². The molecule has 0 bridgehead atoms. The SMILES string of the molecule is CCNCc1sc(Cc2c(Cl)cccc2Cl)nc1CC. The number of thiazole rings is 1. The van der Waals surface area contributed by atoms with Gasteiger partial charge >= 0.3 is 0 Å². The van der Waals surface area contributed by atoms with E-state index in [0.717, 1.165) is 30.1 Å². The summed E-state index contributed by atoms with van der Waals surface area (Å²) in [5, 5.41) is 5.85. The van der Waals surface area contributed by atoms with E-state index in [2.05, 4.69) is 19.2 Å². The van der Waals surface area contributed by atoms with Gasteiger partial charge in [0.1, 0.15) is 0 Å². The molecule has 0 saturated heterocycles. The molecule has 108 valence electrons. The van der Waals surface area contributed by atoms with Gasteiger partial charge in [-0.15, -0.1) is 11.3 Å². The monoisotopic (exact) mass is 328 g/mol. The lowest BCUT2D eigenvalue weighted by Gasteiger charge is -2.04. The Hall–Kier alpha value is -0.610. The number of hydrogen-bond donors (Lipinski definition) is 1. The van der Waals surface area contributed by atoms with Gasteiger partial charge in [0.15, 0.2) is 0 Å². The predicted octanol–water partition coefficient (Wildman–Crippen LogP) is 4.71. The van der Waals surface area contributed by atoms with E-state index in [1.165, 1.54) is 10.6 Å². The number of aryl methyl sites for hydroxylation is 1. The first-order chi connectivity index (χ1) is 9.65. The first-order valence-corrected chi connectivity index (χ1v) is 8.34. The molecule has 20 heavy (non-hydrogen) atoms. The highest BCUT2D eigenvalue weighted by Crippen LogP contribution is 2.29. The molecule has 2 aromatic rings. The summed E-state index contributed by atoms with van der Waals surface area (Å²) in [5.41, 5.74) is 2.14. The van der Waals surface area contributed by atoms with Gasteiger partial charge in [0.25, 0.3) is 0 Å². The van der Waals surface area contributed by atoms with Crippen LogP contribution in [0.1, 0.15) is 35.0 Å². The minimum Gasteiger partial charge on any atom is -0.312 e. The normalized spacial score (nSPS) is 11.0. The van der Waals surface area contributed by atoms with Crippen molar-refractivity contribution < 1.29 is 0 Å². The van der Waals surface area contributed by atoms with E-state index in [1.807, 2.05) is 18.2 Å². The maximum absolute atomic E-state index is 6.22. The topological polar surface area (TPSA) is 24.9 Å². The fourth-order valence-electron chi connectivity index (χ4n) is 2.02. The maximum Gasteiger partial charge on any atom is 0.0976 e. The summed E-state index contributed by atoms with van der Waals surface area (Å²) in [5.74, 6) is 0. The molecule has 1 heterocycles. The van der Waals surface area contributed by atoms with Gasteiger partial charge < -0.3 is 5.32 Å². The number of hydrogen-bond acceptors (Lipinski definition) is 3. The molecule has 0 unspecified atom stereocenters. The van der Waals surface area contributed by atoms with Crippen LogP contribution in [0.25, 0.3) is 0 Å². The third kappa shape index (κ3) is 3.73. The summed E-state index contributed by atoms with van der Waals surface area (Å²) in [6.07, 6.45) is 1.65. The summed E-state index contributed by atoms with van der Waals surface area (Å²) in [4.78, 5) is 6.03. The standard InChI is InChI=1S/C15H18Cl2N2S/c1-3-13-14(9-18-4-2)20-15(19-13)8-10-11(16)6-5-7-12(10)17/h5-7,18H,3-4,8-9H2,1-2H3. The summed E-state index contributed by atoms with van der Waals surface area (Å²) in [6, 6.07) is 5.61. The highest BCUT2D eigenvalue weighted by atomic mass is 35.5. The summed E-state index contributed by atoms with van der Waals surface area (Å²) in [7, 11) is 0. The molecule has 0 amide bonds. The molecule has 1 N–H and O–H groups in total. The van der Waals surface area contributed by atoms with Crippen molar-refractivity contribution in [2.24, 2.45) is 0 Å². The van der Waals surface area contributed by atoms with Crippen molar-refractivity contribution in [1.82, 2.24) is 10.3 Å². The van der Waals surface area contributed by atoms with Crippen LogP contribution in [0.5, 0.6) is 0 Å². The molecule has 0 atom stereocenters. The molecular weight excluding hydrogens is 311 g/mol. The van der Waals surface area contributed by atoms with Crippen LogP contribution in [-0.2, 0) is 19.4 Å². The molecule has 0 aliphatic rings. The molecule has 0 radical (unpaired) electrons. The van der Waals surface area contributed by atoms with E-state index in [9.17, 15) is 0 Å².